The Morgan fingerprint density at radius 1 is 1.29 bits per heavy atom. The second-order valence-corrected chi connectivity index (χ2v) is 5.56. The van der Waals surface area contributed by atoms with E-state index in [0.717, 1.165) is 12.1 Å². The Labute approximate surface area is 105 Å². The van der Waals surface area contributed by atoms with Crippen LogP contribution in [0.4, 0.5) is 0 Å². The molecule has 0 aromatic carbocycles. The molecule has 17 heavy (non-hydrogen) atoms. The van der Waals surface area contributed by atoms with Gasteiger partial charge in [-0.2, -0.15) is 0 Å². The maximum Gasteiger partial charge on any atom is 0.0861 e. The van der Waals surface area contributed by atoms with Crippen molar-refractivity contribution in [3.8, 4) is 0 Å². The summed E-state index contributed by atoms with van der Waals surface area (Å²) >= 11 is 0. The maximum absolute atomic E-state index is 5.97. The summed E-state index contributed by atoms with van der Waals surface area (Å²) in [5.74, 6) is 1.26. The van der Waals surface area contributed by atoms with Gasteiger partial charge < -0.3 is 15.2 Å². The van der Waals surface area contributed by atoms with Gasteiger partial charge in [-0.25, -0.2) is 0 Å². The minimum atomic E-state index is 0.122. The van der Waals surface area contributed by atoms with Gasteiger partial charge in [0.15, 0.2) is 0 Å². The zero-order chi connectivity index (χ0) is 13.2. The number of hydrogen-bond acceptors (Lipinski definition) is 3. The van der Waals surface area contributed by atoms with Crippen LogP contribution in [0.25, 0.3) is 0 Å². The normalized spacial score (nSPS) is 38.4. The Morgan fingerprint density at radius 2 is 1.88 bits per heavy atom. The number of methoxy groups -OCH3 is 1. The minimum absolute atomic E-state index is 0.122. The van der Waals surface area contributed by atoms with Crippen molar-refractivity contribution in [2.45, 2.75) is 52.4 Å². The van der Waals surface area contributed by atoms with Gasteiger partial charge in [-0.15, -0.1) is 0 Å². The number of allylic oxidation sites excluding steroid dienone is 1. The molecule has 3 heteroatoms. The van der Waals surface area contributed by atoms with E-state index in [9.17, 15) is 0 Å². The molecule has 5 atom stereocenters. The standard InChI is InChI=1S/C14H27NO2/c1-8(2)17-13-7-12(11(5)15)9(3)10(4)14(13)16-6/h8-10,12-14H,5,7,15H2,1-4,6H3. The molecular weight excluding hydrogens is 214 g/mol. The first kappa shape index (κ1) is 14.5. The fraction of sp³-hybridized carbons (Fsp3) is 0.857. The Kier molecular flexibility index (Phi) is 5.02. The van der Waals surface area contributed by atoms with E-state index in [4.69, 9.17) is 15.2 Å². The molecule has 1 aliphatic rings. The molecule has 0 aromatic heterocycles. The first-order valence-corrected chi connectivity index (χ1v) is 6.51. The van der Waals surface area contributed by atoms with Crippen LogP contribution in [-0.4, -0.2) is 25.4 Å². The van der Waals surface area contributed by atoms with E-state index in [2.05, 4.69) is 34.3 Å². The summed E-state index contributed by atoms with van der Waals surface area (Å²) in [6.07, 6.45) is 1.40. The van der Waals surface area contributed by atoms with Gasteiger partial charge in [0.25, 0.3) is 0 Å². The molecule has 0 saturated heterocycles. The molecule has 3 nitrogen and oxygen atoms in total. The fourth-order valence-corrected chi connectivity index (χ4v) is 2.94. The quantitative estimate of drug-likeness (QED) is 0.822. The largest absolute Gasteiger partial charge is 0.402 e. The van der Waals surface area contributed by atoms with Crippen LogP contribution in [0.1, 0.15) is 34.1 Å². The molecule has 1 rings (SSSR count). The second-order valence-electron chi connectivity index (χ2n) is 5.56. The molecule has 1 saturated carbocycles. The average molecular weight is 241 g/mol. The summed E-state index contributed by atoms with van der Waals surface area (Å²) in [4.78, 5) is 0. The number of hydrogen-bond donors (Lipinski definition) is 1. The third-order valence-corrected chi connectivity index (χ3v) is 4.03. The third-order valence-electron chi connectivity index (χ3n) is 4.03. The van der Waals surface area contributed by atoms with Gasteiger partial charge >= 0.3 is 0 Å². The Bertz CT molecular complexity index is 265. The summed E-state index contributed by atoms with van der Waals surface area (Å²) in [5, 5.41) is 0. The zero-order valence-electron chi connectivity index (χ0n) is 11.8. The van der Waals surface area contributed by atoms with E-state index in [0.29, 0.717) is 17.8 Å². The summed E-state index contributed by atoms with van der Waals surface area (Å²) in [5.41, 5.74) is 6.68. The number of ether oxygens (including phenoxy) is 2. The summed E-state index contributed by atoms with van der Waals surface area (Å²) in [6, 6.07) is 0. The van der Waals surface area contributed by atoms with Crippen LogP contribution >= 0.6 is 0 Å². The van der Waals surface area contributed by atoms with E-state index in [1.54, 1.807) is 7.11 Å². The molecule has 0 amide bonds. The van der Waals surface area contributed by atoms with Crippen LogP contribution in [0.15, 0.2) is 12.3 Å². The van der Waals surface area contributed by atoms with Crippen molar-refractivity contribution in [1.82, 2.24) is 0 Å². The van der Waals surface area contributed by atoms with Crippen molar-refractivity contribution in [2.24, 2.45) is 23.5 Å². The highest BCUT2D eigenvalue weighted by atomic mass is 16.5. The lowest BCUT2D eigenvalue weighted by Gasteiger charge is -2.44. The topological polar surface area (TPSA) is 44.5 Å². The average Bonchev–Trinajstić information content (AvgIpc) is 2.22. The van der Waals surface area contributed by atoms with E-state index >= 15 is 0 Å². The molecular formula is C14H27NO2. The Morgan fingerprint density at radius 3 is 2.29 bits per heavy atom. The molecule has 5 unspecified atom stereocenters. The van der Waals surface area contributed by atoms with Gasteiger partial charge in [-0.3, -0.25) is 0 Å². The smallest absolute Gasteiger partial charge is 0.0861 e. The van der Waals surface area contributed by atoms with E-state index < -0.39 is 0 Å². The van der Waals surface area contributed by atoms with Crippen LogP contribution in [-0.2, 0) is 9.47 Å². The SMILES string of the molecule is C=C(N)C1CC(OC(C)C)C(OC)C(C)C1C. The van der Waals surface area contributed by atoms with Gasteiger partial charge in [0.1, 0.15) is 0 Å². The highest BCUT2D eigenvalue weighted by Crippen LogP contribution is 2.39. The predicted molar refractivity (Wildman–Crippen MR) is 70.6 cm³/mol. The van der Waals surface area contributed by atoms with Crippen LogP contribution in [0.5, 0.6) is 0 Å². The molecule has 0 aromatic rings. The van der Waals surface area contributed by atoms with Gasteiger partial charge in [0, 0.05) is 18.7 Å². The van der Waals surface area contributed by atoms with Crippen LogP contribution in [0.2, 0.25) is 0 Å². The fourth-order valence-electron chi connectivity index (χ4n) is 2.94. The van der Waals surface area contributed by atoms with Gasteiger partial charge in [0.05, 0.1) is 18.3 Å². The van der Waals surface area contributed by atoms with Crippen molar-refractivity contribution in [3.63, 3.8) is 0 Å². The van der Waals surface area contributed by atoms with Gasteiger partial charge in [-0.1, -0.05) is 20.4 Å². The van der Waals surface area contributed by atoms with Crippen LogP contribution < -0.4 is 5.73 Å². The van der Waals surface area contributed by atoms with Gasteiger partial charge in [0.2, 0.25) is 0 Å². The molecule has 100 valence electrons. The monoisotopic (exact) mass is 241 g/mol. The summed E-state index contributed by atoms with van der Waals surface area (Å²) in [6.45, 7) is 12.5. The third kappa shape index (κ3) is 3.23. The van der Waals surface area contributed by atoms with E-state index in [1.807, 2.05) is 0 Å². The van der Waals surface area contributed by atoms with Crippen molar-refractivity contribution >= 4 is 0 Å². The van der Waals surface area contributed by atoms with Crippen molar-refractivity contribution in [2.75, 3.05) is 7.11 Å². The second kappa shape index (κ2) is 5.87. The first-order valence-electron chi connectivity index (χ1n) is 6.51. The minimum Gasteiger partial charge on any atom is -0.402 e. The summed E-state index contributed by atoms with van der Waals surface area (Å²) < 4.78 is 11.6. The van der Waals surface area contributed by atoms with Crippen molar-refractivity contribution in [1.29, 1.82) is 0 Å². The van der Waals surface area contributed by atoms with Crippen LogP contribution in [0.3, 0.4) is 0 Å². The highest BCUT2D eigenvalue weighted by Gasteiger charge is 2.42. The predicted octanol–water partition coefficient (Wildman–Crippen LogP) is 2.56. The zero-order valence-corrected chi connectivity index (χ0v) is 11.8. The molecule has 0 bridgehead atoms. The number of rotatable bonds is 4. The molecule has 2 N–H and O–H groups in total. The molecule has 0 radical (unpaired) electrons. The molecule has 0 aliphatic heterocycles. The Hall–Kier alpha value is -0.540. The first-order chi connectivity index (χ1) is 7.88. The van der Waals surface area contributed by atoms with Crippen molar-refractivity contribution in [3.05, 3.63) is 12.3 Å². The summed E-state index contributed by atoms with van der Waals surface area (Å²) in [7, 11) is 1.77. The Balaban J connectivity index is 2.83. The molecule has 1 fully saturated rings. The molecule has 0 spiro atoms. The molecule has 0 heterocycles. The van der Waals surface area contributed by atoms with Crippen LogP contribution in [0, 0.1) is 17.8 Å². The lowest BCUT2D eigenvalue weighted by Crippen LogP contribution is -2.48. The van der Waals surface area contributed by atoms with Crippen molar-refractivity contribution < 1.29 is 9.47 Å². The maximum atomic E-state index is 5.97. The van der Waals surface area contributed by atoms with Gasteiger partial charge in [-0.05, 0) is 32.1 Å². The lowest BCUT2D eigenvalue weighted by molar-refractivity contribution is -0.138. The molecule has 1 aliphatic carbocycles. The van der Waals surface area contributed by atoms with E-state index in [-0.39, 0.29) is 18.3 Å². The lowest BCUT2D eigenvalue weighted by atomic mass is 9.70. The number of nitrogens with two attached hydrogens (primary N) is 1. The highest BCUT2D eigenvalue weighted by molar-refractivity contribution is 5.04. The van der Waals surface area contributed by atoms with E-state index in [1.165, 1.54) is 0 Å².